The van der Waals surface area contributed by atoms with E-state index in [1.54, 1.807) is 0 Å². The van der Waals surface area contributed by atoms with E-state index in [-0.39, 0.29) is 6.04 Å². The third-order valence-corrected chi connectivity index (χ3v) is 5.17. The van der Waals surface area contributed by atoms with Gasteiger partial charge in [0.2, 0.25) is 0 Å². The molecule has 0 amide bonds. The molecule has 2 heterocycles. The number of nitrogens with zero attached hydrogens (tertiary/aromatic N) is 2. The Labute approximate surface area is 122 Å². The molecule has 2 aliphatic rings. The monoisotopic (exact) mass is 273 g/mol. The van der Waals surface area contributed by atoms with Gasteiger partial charge in [0.25, 0.3) is 0 Å². The SMILES string of the molecule is CC[C@H](N)c1ccc(N2CCCC3CCCCC32)cn1. The van der Waals surface area contributed by atoms with Gasteiger partial charge in [0.1, 0.15) is 0 Å². The summed E-state index contributed by atoms with van der Waals surface area (Å²) < 4.78 is 0. The first-order chi connectivity index (χ1) is 9.79. The van der Waals surface area contributed by atoms with Crippen LogP contribution in [0, 0.1) is 5.92 Å². The maximum Gasteiger partial charge on any atom is 0.0572 e. The third-order valence-electron chi connectivity index (χ3n) is 5.17. The van der Waals surface area contributed by atoms with Gasteiger partial charge in [-0.15, -0.1) is 0 Å². The predicted molar refractivity (Wildman–Crippen MR) is 83.8 cm³/mol. The molecule has 0 aromatic carbocycles. The zero-order valence-electron chi connectivity index (χ0n) is 12.6. The minimum atomic E-state index is 0.0767. The summed E-state index contributed by atoms with van der Waals surface area (Å²) in [5.74, 6) is 0.912. The number of aromatic nitrogens is 1. The fraction of sp³-hybridized carbons (Fsp3) is 0.706. The Morgan fingerprint density at radius 2 is 2.05 bits per heavy atom. The Balaban J connectivity index is 1.77. The van der Waals surface area contributed by atoms with Crippen molar-refractivity contribution in [1.82, 2.24) is 4.98 Å². The van der Waals surface area contributed by atoms with Crippen LogP contribution in [0.4, 0.5) is 5.69 Å². The lowest BCUT2D eigenvalue weighted by Crippen LogP contribution is -2.46. The molecule has 0 bridgehead atoms. The van der Waals surface area contributed by atoms with Crippen LogP contribution in [0.15, 0.2) is 18.3 Å². The molecular formula is C17H27N3. The van der Waals surface area contributed by atoms with Crippen molar-refractivity contribution in [3.8, 4) is 0 Å². The highest BCUT2D eigenvalue weighted by molar-refractivity contribution is 5.46. The number of anilines is 1. The first kappa shape index (κ1) is 13.9. The molecule has 1 aliphatic heterocycles. The molecule has 1 aromatic rings. The average molecular weight is 273 g/mol. The summed E-state index contributed by atoms with van der Waals surface area (Å²) in [6.07, 6.45) is 11.4. The van der Waals surface area contributed by atoms with Crippen molar-refractivity contribution >= 4 is 5.69 Å². The van der Waals surface area contributed by atoms with Crippen LogP contribution in [0.5, 0.6) is 0 Å². The lowest BCUT2D eigenvalue weighted by atomic mass is 9.78. The zero-order valence-corrected chi connectivity index (χ0v) is 12.6. The number of nitrogens with two attached hydrogens (primary N) is 1. The van der Waals surface area contributed by atoms with E-state index < -0.39 is 0 Å². The van der Waals surface area contributed by atoms with Crippen molar-refractivity contribution in [1.29, 1.82) is 0 Å². The number of piperidine rings is 1. The molecule has 0 spiro atoms. The van der Waals surface area contributed by atoms with Crippen molar-refractivity contribution < 1.29 is 0 Å². The molecule has 1 saturated heterocycles. The molecule has 3 heteroatoms. The van der Waals surface area contributed by atoms with E-state index in [1.165, 1.54) is 50.8 Å². The summed E-state index contributed by atoms with van der Waals surface area (Å²) in [4.78, 5) is 7.21. The van der Waals surface area contributed by atoms with Crippen LogP contribution in [0.1, 0.15) is 63.6 Å². The first-order valence-electron chi connectivity index (χ1n) is 8.27. The van der Waals surface area contributed by atoms with E-state index in [0.29, 0.717) is 0 Å². The van der Waals surface area contributed by atoms with Gasteiger partial charge in [-0.2, -0.15) is 0 Å². The standard InChI is InChI=1S/C17H27N3/c1-2-15(18)16-10-9-14(12-19-16)20-11-5-7-13-6-3-4-8-17(13)20/h9-10,12-13,15,17H,2-8,11,18H2,1H3/t13?,15-,17?/m0/s1. The van der Waals surface area contributed by atoms with Gasteiger partial charge >= 0.3 is 0 Å². The van der Waals surface area contributed by atoms with Crippen molar-refractivity contribution in [2.75, 3.05) is 11.4 Å². The van der Waals surface area contributed by atoms with Gasteiger partial charge in [-0.05, 0) is 50.2 Å². The zero-order chi connectivity index (χ0) is 13.9. The summed E-state index contributed by atoms with van der Waals surface area (Å²) in [5.41, 5.74) is 8.37. The minimum absolute atomic E-state index is 0.0767. The number of hydrogen-bond donors (Lipinski definition) is 1. The van der Waals surface area contributed by atoms with Crippen LogP contribution in [0.25, 0.3) is 0 Å². The van der Waals surface area contributed by atoms with E-state index in [0.717, 1.165) is 24.1 Å². The van der Waals surface area contributed by atoms with Crippen LogP contribution in [-0.4, -0.2) is 17.6 Å². The quantitative estimate of drug-likeness (QED) is 0.914. The lowest BCUT2D eigenvalue weighted by Gasteiger charge is -2.45. The summed E-state index contributed by atoms with van der Waals surface area (Å²) in [7, 11) is 0. The summed E-state index contributed by atoms with van der Waals surface area (Å²) in [6, 6.07) is 5.18. The molecule has 3 rings (SSSR count). The van der Waals surface area contributed by atoms with E-state index in [4.69, 9.17) is 5.73 Å². The van der Waals surface area contributed by atoms with E-state index in [1.807, 2.05) is 6.20 Å². The fourth-order valence-electron chi connectivity index (χ4n) is 3.94. The Morgan fingerprint density at radius 1 is 1.25 bits per heavy atom. The van der Waals surface area contributed by atoms with Gasteiger partial charge in [-0.25, -0.2) is 0 Å². The largest absolute Gasteiger partial charge is 0.367 e. The average Bonchev–Trinajstić information content (AvgIpc) is 2.54. The Bertz CT molecular complexity index is 426. The summed E-state index contributed by atoms with van der Waals surface area (Å²) in [6.45, 7) is 3.31. The van der Waals surface area contributed by atoms with Gasteiger partial charge < -0.3 is 10.6 Å². The molecule has 0 radical (unpaired) electrons. The molecule has 3 atom stereocenters. The highest BCUT2D eigenvalue weighted by Gasteiger charge is 2.33. The second-order valence-electron chi connectivity index (χ2n) is 6.40. The second kappa shape index (κ2) is 6.13. The van der Waals surface area contributed by atoms with Gasteiger partial charge in [-0.3, -0.25) is 4.98 Å². The van der Waals surface area contributed by atoms with Crippen molar-refractivity contribution in [3.05, 3.63) is 24.0 Å². The smallest absolute Gasteiger partial charge is 0.0572 e. The summed E-state index contributed by atoms with van der Waals surface area (Å²) >= 11 is 0. The molecule has 2 unspecified atom stereocenters. The number of hydrogen-bond acceptors (Lipinski definition) is 3. The molecule has 2 N–H and O–H groups in total. The summed E-state index contributed by atoms with van der Waals surface area (Å²) in [5, 5.41) is 0. The normalized spacial score (nSPS) is 28.0. The van der Waals surface area contributed by atoms with Crippen LogP contribution < -0.4 is 10.6 Å². The molecule has 1 saturated carbocycles. The molecule has 2 fully saturated rings. The van der Waals surface area contributed by atoms with E-state index in [2.05, 4.69) is 28.9 Å². The molecule has 1 aromatic heterocycles. The Hall–Kier alpha value is -1.09. The van der Waals surface area contributed by atoms with Crippen LogP contribution >= 0.6 is 0 Å². The van der Waals surface area contributed by atoms with Gasteiger partial charge in [0.05, 0.1) is 17.6 Å². The van der Waals surface area contributed by atoms with E-state index >= 15 is 0 Å². The first-order valence-corrected chi connectivity index (χ1v) is 8.27. The van der Waals surface area contributed by atoms with E-state index in [9.17, 15) is 0 Å². The lowest BCUT2D eigenvalue weighted by molar-refractivity contribution is 0.243. The van der Waals surface area contributed by atoms with Crippen molar-refractivity contribution in [3.63, 3.8) is 0 Å². The van der Waals surface area contributed by atoms with Crippen LogP contribution in [-0.2, 0) is 0 Å². The minimum Gasteiger partial charge on any atom is -0.367 e. The molecule has 1 aliphatic carbocycles. The molecule has 20 heavy (non-hydrogen) atoms. The Kier molecular flexibility index (Phi) is 4.25. The predicted octanol–water partition coefficient (Wildman–Crippen LogP) is 3.65. The number of pyridine rings is 1. The molecule has 3 nitrogen and oxygen atoms in total. The van der Waals surface area contributed by atoms with Crippen LogP contribution in [0.2, 0.25) is 0 Å². The fourth-order valence-corrected chi connectivity index (χ4v) is 3.94. The highest BCUT2D eigenvalue weighted by atomic mass is 15.2. The maximum absolute atomic E-state index is 6.05. The number of rotatable bonds is 3. The molecule has 110 valence electrons. The number of fused-ring (bicyclic) bond motifs is 1. The maximum atomic E-state index is 6.05. The van der Waals surface area contributed by atoms with Gasteiger partial charge in [-0.1, -0.05) is 19.8 Å². The van der Waals surface area contributed by atoms with Crippen molar-refractivity contribution in [2.24, 2.45) is 11.7 Å². The van der Waals surface area contributed by atoms with Gasteiger partial charge in [0, 0.05) is 18.6 Å². The third kappa shape index (κ3) is 2.69. The molecular weight excluding hydrogens is 246 g/mol. The van der Waals surface area contributed by atoms with Crippen molar-refractivity contribution in [2.45, 2.75) is 64.0 Å². The second-order valence-corrected chi connectivity index (χ2v) is 6.40. The topological polar surface area (TPSA) is 42.1 Å². The van der Waals surface area contributed by atoms with Crippen LogP contribution in [0.3, 0.4) is 0 Å². The highest BCUT2D eigenvalue weighted by Crippen LogP contribution is 2.37. The van der Waals surface area contributed by atoms with Gasteiger partial charge in [0.15, 0.2) is 0 Å². The Morgan fingerprint density at radius 3 is 2.80 bits per heavy atom.